The van der Waals surface area contributed by atoms with E-state index in [-0.39, 0.29) is 24.4 Å². The molecule has 1 saturated heterocycles. The van der Waals surface area contributed by atoms with Gasteiger partial charge in [-0.25, -0.2) is 0 Å². The molecule has 0 spiro atoms. The zero-order valence-electron chi connectivity index (χ0n) is 11.7. The Morgan fingerprint density at radius 2 is 1.89 bits per heavy atom. The number of hydrogen-bond donors (Lipinski definition) is 1. The Labute approximate surface area is 121 Å². The van der Waals surface area contributed by atoms with Crippen LogP contribution in [-0.4, -0.2) is 29.9 Å². The number of piperidine rings is 1. The van der Waals surface area contributed by atoms with E-state index in [9.17, 15) is 4.79 Å². The molecular weight excluding hydrogens is 260 g/mol. The summed E-state index contributed by atoms with van der Waals surface area (Å²) >= 11 is 0. The van der Waals surface area contributed by atoms with E-state index in [0.29, 0.717) is 6.54 Å². The molecule has 0 radical (unpaired) electrons. The molecule has 1 amide bonds. The SMILES string of the molecule is Cc1cc(C)cc(C(=O)N2CCCCC2CN)c1.Cl. The second kappa shape index (κ2) is 6.92. The first-order valence-electron chi connectivity index (χ1n) is 6.71. The Bertz CT molecular complexity index is 428. The molecule has 0 bridgehead atoms. The zero-order valence-corrected chi connectivity index (χ0v) is 12.5. The van der Waals surface area contributed by atoms with Crippen LogP contribution in [0.15, 0.2) is 18.2 Å². The number of benzene rings is 1. The van der Waals surface area contributed by atoms with Crippen LogP contribution in [0.4, 0.5) is 0 Å². The van der Waals surface area contributed by atoms with Crippen LogP contribution in [-0.2, 0) is 0 Å². The van der Waals surface area contributed by atoms with Crippen molar-refractivity contribution in [2.45, 2.75) is 39.2 Å². The predicted molar refractivity (Wildman–Crippen MR) is 80.9 cm³/mol. The molecule has 1 aliphatic heterocycles. The molecule has 3 nitrogen and oxygen atoms in total. The third-order valence-corrected chi connectivity index (χ3v) is 3.63. The monoisotopic (exact) mass is 282 g/mol. The maximum Gasteiger partial charge on any atom is 0.254 e. The summed E-state index contributed by atoms with van der Waals surface area (Å²) in [6.45, 7) is 5.46. The summed E-state index contributed by atoms with van der Waals surface area (Å²) < 4.78 is 0. The third-order valence-electron chi connectivity index (χ3n) is 3.63. The van der Waals surface area contributed by atoms with Gasteiger partial charge >= 0.3 is 0 Å². The van der Waals surface area contributed by atoms with Gasteiger partial charge in [0.2, 0.25) is 0 Å². The number of halogens is 1. The molecule has 0 aliphatic carbocycles. The fourth-order valence-corrected chi connectivity index (χ4v) is 2.78. The normalized spacial score (nSPS) is 18.9. The van der Waals surface area contributed by atoms with Gasteiger partial charge in [-0.15, -0.1) is 12.4 Å². The van der Waals surface area contributed by atoms with Crippen LogP contribution in [0.2, 0.25) is 0 Å². The maximum atomic E-state index is 12.5. The van der Waals surface area contributed by atoms with Gasteiger partial charge in [-0.2, -0.15) is 0 Å². The van der Waals surface area contributed by atoms with Gasteiger partial charge in [0.05, 0.1) is 0 Å². The van der Waals surface area contributed by atoms with E-state index in [1.54, 1.807) is 0 Å². The summed E-state index contributed by atoms with van der Waals surface area (Å²) in [7, 11) is 0. The highest BCUT2D eigenvalue weighted by atomic mass is 35.5. The summed E-state index contributed by atoms with van der Waals surface area (Å²) in [4.78, 5) is 14.5. The number of amides is 1. The summed E-state index contributed by atoms with van der Waals surface area (Å²) in [5.74, 6) is 0.136. The Balaban J connectivity index is 0.00000180. The fraction of sp³-hybridized carbons (Fsp3) is 0.533. The number of rotatable bonds is 2. The van der Waals surface area contributed by atoms with Crippen molar-refractivity contribution in [3.8, 4) is 0 Å². The van der Waals surface area contributed by atoms with Crippen molar-refractivity contribution in [2.24, 2.45) is 5.73 Å². The van der Waals surface area contributed by atoms with E-state index in [1.807, 2.05) is 30.9 Å². The van der Waals surface area contributed by atoms with Crippen molar-refractivity contribution >= 4 is 18.3 Å². The van der Waals surface area contributed by atoms with Crippen LogP contribution in [0.25, 0.3) is 0 Å². The summed E-state index contributed by atoms with van der Waals surface area (Å²) in [6, 6.07) is 6.25. The van der Waals surface area contributed by atoms with Crippen molar-refractivity contribution in [1.82, 2.24) is 4.90 Å². The Kier molecular flexibility index (Phi) is 5.83. The van der Waals surface area contributed by atoms with Gasteiger partial charge in [0.15, 0.2) is 0 Å². The van der Waals surface area contributed by atoms with Crippen molar-refractivity contribution in [2.75, 3.05) is 13.1 Å². The summed E-state index contributed by atoms with van der Waals surface area (Å²) in [5.41, 5.74) is 8.85. The van der Waals surface area contributed by atoms with Gasteiger partial charge in [0.1, 0.15) is 0 Å². The van der Waals surface area contributed by atoms with E-state index in [4.69, 9.17) is 5.73 Å². The van der Waals surface area contributed by atoms with Gasteiger partial charge in [-0.05, 0) is 45.2 Å². The zero-order chi connectivity index (χ0) is 13.1. The van der Waals surface area contributed by atoms with Crippen LogP contribution in [0, 0.1) is 13.8 Å². The number of nitrogens with two attached hydrogens (primary N) is 1. The van der Waals surface area contributed by atoms with Crippen LogP contribution in [0.3, 0.4) is 0 Å². The lowest BCUT2D eigenvalue weighted by molar-refractivity contribution is 0.0623. The van der Waals surface area contributed by atoms with E-state index in [0.717, 1.165) is 36.1 Å². The van der Waals surface area contributed by atoms with Gasteiger partial charge < -0.3 is 10.6 Å². The van der Waals surface area contributed by atoms with Gasteiger partial charge in [-0.1, -0.05) is 17.2 Å². The Morgan fingerprint density at radius 3 is 2.47 bits per heavy atom. The molecule has 2 rings (SSSR count). The second-order valence-electron chi connectivity index (χ2n) is 5.26. The van der Waals surface area contributed by atoms with Crippen molar-refractivity contribution < 1.29 is 4.79 Å². The second-order valence-corrected chi connectivity index (χ2v) is 5.26. The molecule has 1 aromatic carbocycles. The number of carbonyl (C=O) groups is 1. The quantitative estimate of drug-likeness (QED) is 0.906. The highest BCUT2D eigenvalue weighted by Gasteiger charge is 2.26. The summed E-state index contributed by atoms with van der Waals surface area (Å²) in [6.07, 6.45) is 3.30. The molecular formula is C15H23ClN2O. The average molecular weight is 283 g/mol. The number of likely N-dealkylation sites (tertiary alicyclic amines) is 1. The first-order valence-corrected chi connectivity index (χ1v) is 6.71. The number of hydrogen-bond acceptors (Lipinski definition) is 2. The molecule has 2 N–H and O–H groups in total. The third kappa shape index (κ3) is 3.71. The minimum absolute atomic E-state index is 0. The standard InChI is InChI=1S/C15H22N2O.ClH/c1-11-7-12(2)9-13(8-11)15(18)17-6-4-3-5-14(17)10-16;/h7-9,14H,3-6,10,16H2,1-2H3;1H. The van der Waals surface area contributed by atoms with E-state index < -0.39 is 0 Å². The van der Waals surface area contributed by atoms with Gasteiger partial charge in [0.25, 0.3) is 5.91 Å². The Hall–Kier alpha value is -1.06. The highest BCUT2D eigenvalue weighted by molar-refractivity contribution is 5.95. The van der Waals surface area contributed by atoms with E-state index in [1.165, 1.54) is 6.42 Å². The lowest BCUT2D eigenvalue weighted by Gasteiger charge is -2.35. The minimum Gasteiger partial charge on any atom is -0.334 e. The van der Waals surface area contributed by atoms with Crippen LogP contribution >= 0.6 is 12.4 Å². The highest BCUT2D eigenvalue weighted by Crippen LogP contribution is 2.20. The minimum atomic E-state index is 0. The first-order chi connectivity index (χ1) is 8.61. The molecule has 1 aromatic rings. The predicted octanol–water partition coefficient (Wildman–Crippen LogP) is 2.68. The molecule has 0 saturated carbocycles. The van der Waals surface area contributed by atoms with Gasteiger partial charge in [-0.3, -0.25) is 4.79 Å². The van der Waals surface area contributed by atoms with Crippen LogP contribution < -0.4 is 5.73 Å². The number of aryl methyl sites for hydroxylation is 2. The van der Waals surface area contributed by atoms with E-state index >= 15 is 0 Å². The molecule has 106 valence electrons. The lowest BCUT2D eigenvalue weighted by Crippen LogP contribution is -2.47. The number of nitrogens with zero attached hydrogens (tertiary/aromatic N) is 1. The molecule has 1 aliphatic rings. The molecule has 1 unspecified atom stereocenters. The lowest BCUT2D eigenvalue weighted by atomic mass is 9.99. The molecule has 1 atom stereocenters. The van der Waals surface area contributed by atoms with Gasteiger partial charge in [0, 0.05) is 24.7 Å². The largest absolute Gasteiger partial charge is 0.334 e. The fourth-order valence-electron chi connectivity index (χ4n) is 2.78. The van der Waals surface area contributed by atoms with Crippen LogP contribution in [0.5, 0.6) is 0 Å². The van der Waals surface area contributed by atoms with Crippen LogP contribution in [0.1, 0.15) is 40.7 Å². The average Bonchev–Trinajstić information content (AvgIpc) is 2.36. The number of carbonyl (C=O) groups excluding carboxylic acids is 1. The molecule has 1 fully saturated rings. The molecule has 1 heterocycles. The van der Waals surface area contributed by atoms with Crippen molar-refractivity contribution in [3.05, 3.63) is 34.9 Å². The topological polar surface area (TPSA) is 46.3 Å². The van der Waals surface area contributed by atoms with Crippen molar-refractivity contribution in [3.63, 3.8) is 0 Å². The smallest absolute Gasteiger partial charge is 0.254 e. The van der Waals surface area contributed by atoms with E-state index in [2.05, 4.69) is 6.07 Å². The maximum absolute atomic E-state index is 12.5. The first kappa shape index (κ1) is 16.0. The molecule has 4 heteroatoms. The summed E-state index contributed by atoms with van der Waals surface area (Å²) in [5, 5.41) is 0. The van der Waals surface area contributed by atoms with Crippen molar-refractivity contribution in [1.29, 1.82) is 0 Å². The molecule has 0 aromatic heterocycles. The molecule has 19 heavy (non-hydrogen) atoms. The Morgan fingerprint density at radius 1 is 1.26 bits per heavy atom.